The van der Waals surface area contributed by atoms with Gasteiger partial charge in [-0.3, -0.25) is 0 Å². The lowest BCUT2D eigenvalue weighted by atomic mass is 10.0. The van der Waals surface area contributed by atoms with Gasteiger partial charge in [0.1, 0.15) is 0 Å². The summed E-state index contributed by atoms with van der Waals surface area (Å²) in [4.78, 5) is 0.523. The molecule has 0 amide bonds. The second-order valence-electron chi connectivity index (χ2n) is 4.90. The van der Waals surface area contributed by atoms with E-state index in [1.165, 1.54) is 33.8 Å². The molecule has 86 valence electrons. The van der Waals surface area contributed by atoms with E-state index in [1.807, 2.05) is 0 Å². The van der Waals surface area contributed by atoms with E-state index < -0.39 is 0 Å². The van der Waals surface area contributed by atoms with Gasteiger partial charge in [-0.25, -0.2) is 0 Å². The third-order valence-electron chi connectivity index (χ3n) is 4.07. The Kier molecular flexibility index (Phi) is 3.23. The molecular formula is C13H13Br3. The minimum Gasteiger partial charge on any atom is -0.0835 e. The molecule has 0 aliphatic heterocycles. The van der Waals surface area contributed by atoms with Crippen molar-refractivity contribution in [3.8, 4) is 0 Å². The van der Waals surface area contributed by atoms with Gasteiger partial charge in [0.2, 0.25) is 0 Å². The molecule has 0 nitrogen and oxygen atoms in total. The Bertz CT molecular complexity index is 406. The standard InChI is InChI=1S/C13H13Br3/c14-7-4-5-11(15)10(6-7)13(16)12-8-2-1-3-9(8)12/h4-6,8-9,12-13H,1-3H2. The second kappa shape index (κ2) is 4.40. The van der Waals surface area contributed by atoms with E-state index in [9.17, 15) is 0 Å². The fraction of sp³-hybridized carbons (Fsp3) is 0.538. The Morgan fingerprint density at radius 3 is 2.50 bits per heavy atom. The SMILES string of the molecule is Brc1ccc(Br)c(C(Br)C2C3CCCC32)c1. The molecule has 16 heavy (non-hydrogen) atoms. The zero-order chi connectivity index (χ0) is 11.3. The van der Waals surface area contributed by atoms with Crippen LogP contribution in [0.1, 0.15) is 29.7 Å². The summed E-state index contributed by atoms with van der Waals surface area (Å²) in [5, 5.41) is 0. The third-order valence-corrected chi connectivity index (χ3v) is 6.38. The summed E-state index contributed by atoms with van der Waals surface area (Å²) >= 11 is 11.1. The van der Waals surface area contributed by atoms with Crippen LogP contribution in [0.25, 0.3) is 0 Å². The van der Waals surface area contributed by atoms with Crippen molar-refractivity contribution in [2.75, 3.05) is 0 Å². The number of hydrogen-bond acceptors (Lipinski definition) is 0. The second-order valence-corrected chi connectivity index (χ2v) is 7.66. The highest BCUT2D eigenvalue weighted by molar-refractivity contribution is 9.11. The molecule has 0 heterocycles. The first-order valence-corrected chi connectivity index (χ1v) is 8.27. The highest BCUT2D eigenvalue weighted by Crippen LogP contribution is 2.64. The van der Waals surface area contributed by atoms with Crippen LogP contribution >= 0.6 is 47.8 Å². The van der Waals surface area contributed by atoms with Gasteiger partial charge in [-0.15, -0.1) is 0 Å². The van der Waals surface area contributed by atoms with Gasteiger partial charge in [0, 0.05) is 13.8 Å². The monoisotopic (exact) mass is 406 g/mol. The zero-order valence-corrected chi connectivity index (χ0v) is 13.6. The maximum atomic E-state index is 3.90. The van der Waals surface area contributed by atoms with Crippen LogP contribution < -0.4 is 0 Å². The summed E-state index contributed by atoms with van der Waals surface area (Å²) in [6.07, 6.45) is 4.34. The molecule has 1 aromatic carbocycles. The fourth-order valence-corrected chi connectivity index (χ4v) is 5.59. The summed E-state index contributed by atoms with van der Waals surface area (Å²) in [5.74, 6) is 2.87. The largest absolute Gasteiger partial charge is 0.0835 e. The number of halogens is 3. The Hall–Kier alpha value is 0.660. The Morgan fingerprint density at radius 1 is 1.12 bits per heavy atom. The average molecular weight is 409 g/mol. The van der Waals surface area contributed by atoms with Gasteiger partial charge >= 0.3 is 0 Å². The minimum atomic E-state index is 0.523. The minimum absolute atomic E-state index is 0.523. The fourth-order valence-electron chi connectivity index (χ4n) is 3.24. The van der Waals surface area contributed by atoms with E-state index in [4.69, 9.17) is 0 Å². The van der Waals surface area contributed by atoms with E-state index in [0.29, 0.717) is 4.83 Å². The maximum Gasteiger partial charge on any atom is 0.0440 e. The van der Waals surface area contributed by atoms with Crippen LogP contribution in [0.3, 0.4) is 0 Å². The molecular weight excluding hydrogens is 396 g/mol. The van der Waals surface area contributed by atoms with Crippen LogP contribution in [-0.2, 0) is 0 Å². The number of benzene rings is 1. The van der Waals surface area contributed by atoms with Crippen LogP contribution in [0.2, 0.25) is 0 Å². The normalized spacial score (nSPS) is 33.6. The number of alkyl halides is 1. The summed E-state index contributed by atoms with van der Waals surface area (Å²) in [6, 6.07) is 6.45. The maximum absolute atomic E-state index is 3.90. The topological polar surface area (TPSA) is 0 Å². The van der Waals surface area contributed by atoms with E-state index in [0.717, 1.165) is 17.8 Å². The average Bonchev–Trinajstić information content (AvgIpc) is 2.74. The molecule has 3 heteroatoms. The number of hydrogen-bond donors (Lipinski definition) is 0. The van der Waals surface area contributed by atoms with E-state index in [-0.39, 0.29) is 0 Å². The van der Waals surface area contributed by atoms with Gasteiger partial charge in [0.05, 0.1) is 0 Å². The van der Waals surface area contributed by atoms with Crippen LogP contribution in [0.5, 0.6) is 0 Å². The molecule has 0 bridgehead atoms. The number of rotatable bonds is 2. The van der Waals surface area contributed by atoms with E-state index >= 15 is 0 Å². The highest BCUT2D eigenvalue weighted by atomic mass is 79.9. The summed E-state index contributed by atoms with van der Waals surface area (Å²) < 4.78 is 2.39. The third kappa shape index (κ3) is 1.93. The lowest BCUT2D eigenvalue weighted by molar-refractivity contribution is 0.582. The molecule has 2 aliphatic carbocycles. The van der Waals surface area contributed by atoms with Crippen molar-refractivity contribution in [3.63, 3.8) is 0 Å². The molecule has 2 saturated carbocycles. The first-order valence-electron chi connectivity index (χ1n) is 5.77. The summed E-state index contributed by atoms with van der Waals surface area (Å²) in [6.45, 7) is 0. The lowest BCUT2D eigenvalue weighted by Gasteiger charge is -2.14. The predicted octanol–water partition coefficient (Wildman–Crippen LogP) is 5.69. The zero-order valence-electron chi connectivity index (χ0n) is 8.80. The van der Waals surface area contributed by atoms with Gasteiger partial charge in [0.15, 0.2) is 0 Å². The molecule has 1 aromatic rings. The molecule has 0 spiro atoms. The summed E-state index contributed by atoms with van der Waals surface area (Å²) in [7, 11) is 0. The van der Waals surface area contributed by atoms with Crippen molar-refractivity contribution in [3.05, 3.63) is 32.7 Å². The van der Waals surface area contributed by atoms with Crippen molar-refractivity contribution < 1.29 is 0 Å². The van der Waals surface area contributed by atoms with Crippen LogP contribution in [0.4, 0.5) is 0 Å². The molecule has 2 fully saturated rings. The van der Waals surface area contributed by atoms with E-state index in [2.05, 4.69) is 66.0 Å². The van der Waals surface area contributed by atoms with Crippen molar-refractivity contribution in [1.29, 1.82) is 0 Å². The van der Waals surface area contributed by atoms with Gasteiger partial charge in [0.25, 0.3) is 0 Å². The molecule has 3 atom stereocenters. The van der Waals surface area contributed by atoms with Crippen molar-refractivity contribution in [2.45, 2.75) is 24.1 Å². The molecule has 0 saturated heterocycles. The lowest BCUT2D eigenvalue weighted by Crippen LogP contribution is -1.99. The van der Waals surface area contributed by atoms with Gasteiger partial charge < -0.3 is 0 Å². The van der Waals surface area contributed by atoms with Gasteiger partial charge in [-0.2, -0.15) is 0 Å². The first-order chi connectivity index (χ1) is 7.68. The molecule has 3 unspecified atom stereocenters. The quantitative estimate of drug-likeness (QED) is 0.551. The predicted molar refractivity (Wildman–Crippen MR) is 77.8 cm³/mol. The van der Waals surface area contributed by atoms with Crippen molar-refractivity contribution in [1.82, 2.24) is 0 Å². The Balaban J connectivity index is 1.84. The Labute approximate surface area is 122 Å². The van der Waals surface area contributed by atoms with Gasteiger partial charge in [-0.1, -0.05) is 54.2 Å². The van der Waals surface area contributed by atoms with Crippen molar-refractivity contribution >= 4 is 47.8 Å². The van der Waals surface area contributed by atoms with Crippen LogP contribution in [0.15, 0.2) is 27.1 Å². The van der Waals surface area contributed by atoms with Crippen molar-refractivity contribution in [2.24, 2.45) is 17.8 Å². The number of fused-ring (bicyclic) bond motifs is 1. The first kappa shape index (κ1) is 11.7. The molecule has 2 aliphatic rings. The van der Waals surface area contributed by atoms with Crippen LogP contribution in [-0.4, -0.2) is 0 Å². The van der Waals surface area contributed by atoms with Gasteiger partial charge in [-0.05, 0) is 54.4 Å². The Morgan fingerprint density at radius 2 is 1.81 bits per heavy atom. The molecule has 0 N–H and O–H groups in total. The smallest absolute Gasteiger partial charge is 0.0440 e. The molecule has 0 aromatic heterocycles. The van der Waals surface area contributed by atoms with E-state index in [1.54, 1.807) is 0 Å². The summed E-state index contributed by atoms with van der Waals surface area (Å²) in [5.41, 5.74) is 1.40. The van der Waals surface area contributed by atoms with Crippen LogP contribution in [0, 0.1) is 17.8 Å². The molecule has 0 radical (unpaired) electrons. The highest BCUT2D eigenvalue weighted by Gasteiger charge is 2.55. The molecule has 3 rings (SSSR count).